The van der Waals surface area contributed by atoms with E-state index in [0.717, 1.165) is 6.08 Å². The second kappa shape index (κ2) is 8.75. The van der Waals surface area contributed by atoms with Crippen molar-refractivity contribution in [1.82, 2.24) is 4.72 Å². The lowest BCUT2D eigenvalue weighted by Gasteiger charge is -2.40. The Morgan fingerprint density at radius 1 is 1.00 bits per heavy atom. The van der Waals surface area contributed by atoms with Gasteiger partial charge in [-0.15, -0.1) is 0 Å². The lowest BCUT2D eigenvalue weighted by molar-refractivity contribution is 0.103. The number of sulfonamides is 1. The minimum Gasteiger partial charge on any atom is -0.307 e. The molecule has 0 saturated heterocycles. The van der Waals surface area contributed by atoms with Crippen LogP contribution in [0.5, 0.6) is 0 Å². The first-order chi connectivity index (χ1) is 14.2. The minimum atomic E-state index is -4.24. The molecule has 160 valence electrons. The van der Waals surface area contributed by atoms with Gasteiger partial charge in [0, 0.05) is 11.1 Å². The predicted octanol–water partition coefficient (Wildman–Crippen LogP) is 4.40. The predicted molar refractivity (Wildman–Crippen MR) is 114 cm³/mol. The van der Waals surface area contributed by atoms with E-state index in [0.29, 0.717) is 0 Å². The van der Waals surface area contributed by atoms with Gasteiger partial charge >= 0.3 is 7.60 Å². The van der Waals surface area contributed by atoms with Gasteiger partial charge in [0.1, 0.15) is 0 Å². The van der Waals surface area contributed by atoms with Crippen LogP contribution in [-0.2, 0) is 28.9 Å². The molecule has 7 nitrogen and oxygen atoms in total. The summed E-state index contributed by atoms with van der Waals surface area (Å²) in [6.07, 6.45) is 1.12. The van der Waals surface area contributed by atoms with E-state index in [1.807, 2.05) is 0 Å². The van der Waals surface area contributed by atoms with E-state index in [-0.39, 0.29) is 34.3 Å². The molecule has 0 heterocycles. The summed E-state index contributed by atoms with van der Waals surface area (Å²) in [5, 5.41) is -2.32. The molecule has 0 aliphatic heterocycles. The van der Waals surface area contributed by atoms with Crippen LogP contribution in [0.4, 0.5) is 0 Å². The molecule has 0 spiro atoms. The van der Waals surface area contributed by atoms with Gasteiger partial charge in [-0.25, -0.2) is 8.42 Å². The highest BCUT2D eigenvalue weighted by molar-refractivity contribution is 7.90. The largest absolute Gasteiger partial charge is 0.360 e. The van der Waals surface area contributed by atoms with E-state index in [4.69, 9.17) is 20.6 Å². The Hall–Kier alpha value is -1.80. The second-order valence-corrected chi connectivity index (χ2v) is 10.7. The van der Waals surface area contributed by atoms with Crippen molar-refractivity contribution in [3.63, 3.8) is 0 Å². The molecule has 0 fully saturated rings. The van der Waals surface area contributed by atoms with Crippen LogP contribution < -0.4 is 4.72 Å². The van der Waals surface area contributed by atoms with Crippen molar-refractivity contribution >= 4 is 35.0 Å². The van der Waals surface area contributed by atoms with Crippen LogP contribution in [0.25, 0.3) is 0 Å². The number of ketones is 1. The zero-order valence-electron chi connectivity index (χ0n) is 16.4. The second-order valence-electron chi connectivity index (χ2n) is 6.38. The lowest BCUT2D eigenvalue weighted by atomic mass is 9.92. The minimum absolute atomic E-state index is 0.0202. The summed E-state index contributed by atoms with van der Waals surface area (Å²) >= 11 is 6.20. The molecule has 1 aliphatic rings. The Balaban J connectivity index is 2.34. The van der Waals surface area contributed by atoms with Gasteiger partial charge in [-0.05, 0) is 32.1 Å². The van der Waals surface area contributed by atoms with Crippen LogP contribution in [0, 0.1) is 0 Å². The molecule has 2 aromatic rings. The maximum absolute atomic E-state index is 14.0. The summed E-state index contributed by atoms with van der Waals surface area (Å²) < 4.78 is 54.1. The molecule has 0 saturated carbocycles. The zero-order chi connectivity index (χ0) is 22.0. The highest BCUT2D eigenvalue weighted by atomic mass is 35.5. The maximum atomic E-state index is 14.0. The number of hydrogen-bond acceptors (Lipinski definition) is 6. The van der Waals surface area contributed by atoms with Crippen LogP contribution >= 0.6 is 19.2 Å². The topological polar surface area (TPSA) is 98.8 Å². The number of benzene rings is 2. The van der Waals surface area contributed by atoms with Crippen molar-refractivity contribution in [2.24, 2.45) is 0 Å². The summed E-state index contributed by atoms with van der Waals surface area (Å²) in [4.78, 5) is 12.6. The summed E-state index contributed by atoms with van der Waals surface area (Å²) in [7, 11) is -8.46. The molecular formula is C20H21ClNO6PS. The third kappa shape index (κ3) is 3.91. The quantitative estimate of drug-likeness (QED) is 0.575. The van der Waals surface area contributed by atoms with E-state index < -0.39 is 28.7 Å². The number of fused-ring (bicyclic) bond motifs is 1. The summed E-state index contributed by atoms with van der Waals surface area (Å²) in [5.74, 6) is -0.513. The van der Waals surface area contributed by atoms with Crippen LogP contribution in [0.15, 0.2) is 70.6 Å². The Bertz CT molecular complexity index is 1120. The first kappa shape index (κ1) is 22.9. The van der Waals surface area contributed by atoms with Crippen molar-refractivity contribution < 1.29 is 26.8 Å². The molecule has 1 N–H and O–H groups in total. The number of halogens is 1. The number of allylic oxidation sites excluding steroid dienone is 1. The van der Waals surface area contributed by atoms with Crippen LogP contribution in [0.3, 0.4) is 0 Å². The van der Waals surface area contributed by atoms with Gasteiger partial charge in [0.15, 0.2) is 5.28 Å². The maximum Gasteiger partial charge on any atom is 0.360 e. The van der Waals surface area contributed by atoms with Gasteiger partial charge in [0.25, 0.3) is 0 Å². The summed E-state index contributed by atoms with van der Waals surface area (Å²) in [5.41, 5.74) is 0.254. The zero-order valence-corrected chi connectivity index (χ0v) is 18.8. The van der Waals surface area contributed by atoms with Gasteiger partial charge in [0.05, 0.1) is 23.1 Å². The average molecular weight is 470 g/mol. The Morgan fingerprint density at radius 3 is 2.17 bits per heavy atom. The number of rotatable bonds is 8. The molecule has 3 rings (SSSR count). The van der Waals surface area contributed by atoms with Gasteiger partial charge in [-0.3, -0.25) is 9.36 Å². The van der Waals surface area contributed by atoms with E-state index in [9.17, 15) is 17.8 Å². The van der Waals surface area contributed by atoms with E-state index in [2.05, 4.69) is 4.72 Å². The SMILES string of the molecule is CCOP(=O)(OCC)[C@@]1(NS(=O)(=O)c2ccccc2)C=C(Cl)C(=O)c2ccccc21. The van der Waals surface area contributed by atoms with Crippen molar-refractivity contribution in [3.8, 4) is 0 Å². The number of hydrogen-bond donors (Lipinski definition) is 1. The van der Waals surface area contributed by atoms with E-state index in [1.54, 1.807) is 44.2 Å². The fourth-order valence-corrected chi connectivity index (χ4v) is 7.58. The lowest BCUT2D eigenvalue weighted by Crippen LogP contribution is -2.47. The molecule has 30 heavy (non-hydrogen) atoms. The molecular weight excluding hydrogens is 449 g/mol. The number of carbonyl (C=O) groups excluding carboxylic acids is 1. The molecule has 0 bridgehead atoms. The van der Waals surface area contributed by atoms with Gasteiger partial charge in [-0.1, -0.05) is 54.1 Å². The molecule has 10 heteroatoms. The Kier molecular flexibility index (Phi) is 6.67. The molecule has 0 aromatic heterocycles. The third-order valence-corrected chi connectivity index (χ3v) is 8.97. The Labute approximate surface area is 180 Å². The molecule has 0 amide bonds. The van der Waals surface area contributed by atoms with Crippen LogP contribution in [0.2, 0.25) is 0 Å². The van der Waals surface area contributed by atoms with Crippen molar-refractivity contribution in [2.45, 2.75) is 24.0 Å². The average Bonchev–Trinajstić information content (AvgIpc) is 2.72. The Morgan fingerprint density at radius 2 is 1.57 bits per heavy atom. The molecule has 0 radical (unpaired) electrons. The molecule has 1 atom stereocenters. The summed E-state index contributed by atoms with van der Waals surface area (Å²) in [6, 6.07) is 13.8. The highest BCUT2D eigenvalue weighted by Crippen LogP contribution is 2.66. The van der Waals surface area contributed by atoms with Gasteiger partial charge < -0.3 is 9.05 Å². The van der Waals surface area contributed by atoms with Gasteiger partial charge in [-0.2, -0.15) is 4.72 Å². The summed E-state index contributed by atoms with van der Waals surface area (Å²) in [6.45, 7) is 3.17. The molecule has 2 aromatic carbocycles. The monoisotopic (exact) mass is 469 g/mol. The highest BCUT2D eigenvalue weighted by Gasteiger charge is 2.57. The molecule has 1 aliphatic carbocycles. The van der Waals surface area contributed by atoms with Crippen molar-refractivity contribution in [1.29, 1.82) is 0 Å². The number of Topliss-reactive ketones (excluding diaryl/α,β-unsaturated/α-hetero) is 1. The van der Waals surface area contributed by atoms with Crippen LogP contribution in [0.1, 0.15) is 29.8 Å². The fraction of sp³-hybridized carbons (Fsp3) is 0.250. The third-order valence-electron chi connectivity index (χ3n) is 4.51. The van der Waals surface area contributed by atoms with Crippen LogP contribution in [-0.4, -0.2) is 27.4 Å². The smallest absolute Gasteiger partial charge is 0.307 e. The van der Waals surface area contributed by atoms with Crippen molar-refractivity contribution in [3.05, 3.63) is 76.8 Å². The first-order valence-electron chi connectivity index (χ1n) is 9.21. The number of carbonyl (C=O) groups is 1. The fourth-order valence-electron chi connectivity index (χ4n) is 3.28. The molecule has 0 unspecified atom stereocenters. The van der Waals surface area contributed by atoms with Crippen molar-refractivity contribution in [2.75, 3.05) is 13.2 Å². The van der Waals surface area contributed by atoms with E-state index >= 15 is 0 Å². The van der Waals surface area contributed by atoms with E-state index in [1.165, 1.54) is 24.3 Å². The normalized spacial score (nSPS) is 19.3. The number of nitrogens with one attached hydrogen (secondary N) is 1. The first-order valence-corrected chi connectivity index (χ1v) is 12.6. The van der Waals surface area contributed by atoms with Gasteiger partial charge in [0.2, 0.25) is 15.8 Å². The standard InChI is InChI=1S/C20H21ClNO6PS/c1-3-27-29(24,28-4-2)20(22-30(25,26)15-10-6-5-7-11-15)14-18(21)19(23)16-12-8-9-13-17(16)20/h5-14,22H,3-4H2,1-2H3/t20-/m0/s1.